The summed E-state index contributed by atoms with van der Waals surface area (Å²) in [5.74, 6) is 2.13. The second kappa shape index (κ2) is 12.8. The van der Waals surface area contributed by atoms with Gasteiger partial charge in [0.05, 0.1) is 23.8 Å². The lowest BCUT2D eigenvalue weighted by molar-refractivity contribution is -0.137. The molecule has 41 heavy (non-hydrogen) atoms. The highest BCUT2D eigenvalue weighted by atomic mass is 16.2. The van der Waals surface area contributed by atoms with E-state index in [1.165, 1.54) is 0 Å². The summed E-state index contributed by atoms with van der Waals surface area (Å²) in [7, 11) is 0. The summed E-state index contributed by atoms with van der Waals surface area (Å²) in [6, 6.07) is 6.19. The van der Waals surface area contributed by atoms with Gasteiger partial charge in [-0.3, -0.25) is 14.7 Å². The van der Waals surface area contributed by atoms with Crippen LogP contribution in [0.2, 0.25) is 0 Å². The Labute approximate surface area is 245 Å². The van der Waals surface area contributed by atoms with E-state index in [9.17, 15) is 4.79 Å². The molecule has 4 heterocycles. The van der Waals surface area contributed by atoms with Crippen LogP contribution < -0.4 is 4.90 Å². The van der Waals surface area contributed by atoms with Crippen LogP contribution in [0.4, 0.5) is 5.82 Å². The predicted octanol–water partition coefficient (Wildman–Crippen LogP) is 4.80. The maximum Gasteiger partial charge on any atom is 0.225 e. The van der Waals surface area contributed by atoms with Crippen LogP contribution in [0.3, 0.4) is 0 Å². The van der Waals surface area contributed by atoms with Crippen LogP contribution in [0.1, 0.15) is 78.1 Å². The van der Waals surface area contributed by atoms with Crippen LogP contribution in [0.15, 0.2) is 30.7 Å². The van der Waals surface area contributed by atoms with Gasteiger partial charge in [0, 0.05) is 49.9 Å². The van der Waals surface area contributed by atoms with Crippen LogP contribution in [0, 0.1) is 11.8 Å². The maximum absolute atomic E-state index is 13.4. The van der Waals surface area contributed by atoms with E-state index in [-0.39, 0.29) is 11.5 Å². The van der Waals surface area contributed by atoms with E-state index < -0.39 is 0 Å². The van der Waals surface area contributed by atoms with Gasteiger partial charge < -0.3 is 9.80 Å². The van der Waals surface area contributed by atoms with Crippen molar-refractivity contribution < 1.29 is 4.79 Å². The molecule has 0 radical (unpaired) electrons. The zero-order valence-corrected chi connectivity index (χ0v) is 25.7. The number of fused-ring (bicyclic) bond motifs is 1. The highest BCUT2D eigenvalue weighted by Crippen LogP contribution is 2.32. The monoisotopic (exact) mass is 560 g/mol. The van der Waals surface area contributed by atoms with Crippen molar-refractivity contribution in [3.8, 4) is 0 Å². The molecule has 0 N–H and O–H groups in total. The van der Waals surface area contributed by atoms with Crippen molar-refractivity contribution >= 4 is 22.8 Å². The third kappa shape index (κ3) is 6.88. The topological polar surface area (TPSA) is 83.3 Å². The summed E-state index contributed by atoms with van der Waals surface area (Å²) in [4.78, 5) is 34.4. The lowest BCUT2D eigenvalue weighted by atomic mass is 9.80. The maximum atomic E-state index is 13.4. The largest absolute Gasteiger partial charge is 0.352 e. The van der Waals surface area contributed by atoms with Gasteiger partial charge in [0.25, 0.3) is 0 Å². The molecule has 2 aliphatic rings. The first-order valence-corrected chi connectivity index (χ1v) is 15.7. The van der Waals surface area contributed by atoms with E-state index in [1.807, 2.05) is 16.9 Å². The Kier molecular flexibility index (Phi) is 9.22. The molecule has 1 aliphatic carbocycles. The van der Waals surface area contributed by atoms with Gasteiger partial charge in [-0.05, 0) is 77.5 Å². The van der Waals surface area contributed by atoms with E-state index in [2.05, 4.69) is 76.5 Å². The fraction of sp³-hybridized carbons (Fsp3) is 0.656. The number of hydrogen-bond donors (Lipinski definition) is 0. The molecule has 0 bridgehead atoms. The number of anilines is 1. The lowest BCUT2D eigenvalue weighted by Gasteiger charge is -2.40. The first-order valence-electron chi connectivity index (χ1n) is 15.7. The molecule has 3 aromatic rings. The average Bonchev–Trinajstić information content (AvgIpc) is 3.38. The van der Waals surface area contributed by atoms with E-state index in [0.717, 1.165) is 106 Å². The number of amides is 1. The second-order valence-corrected chi connectivity index (χ2v) is 12.8. The van der Waals surface area contributed by atoms with Crippen molar-refractivity contribution in [2.75, 3.05) is 44.2 Å². The van der Waals surface area contributed by atoms with Crippen LogP contribution in [-0.2, 0) is 17.8 Å². The number of rotatable bonds is 9. The fourth-order valence-electron chi connectivity index (χ4n) is 6.59. The molecule has 0 aromatic carbocycles. The molecule has 9 nitrogen and oxygen atoms in total. The summed E-state index contributed by atoms with van der Waals surface area (Å²) in [6.45, 7) is 17.1. The number of piperazine rings is 1. The number of aromatic nitrogens is 5. The van der Waals surface area contributed by atoms with Crippen molar-refractivity contribution in [2.24, 2.45) is 11.8 Å². The highest BCUT2D eigenvalue weighted by molar-refractivity contribution is 5.87. The zero-order chi connectivity index (χ0) is 29.0. The fourth-order valence-corrected chi connectivity index (χ4v) is 6.59. The number of carbonyl (C=O) groups excluding carboxylic acids is 1. The van der Waals surface area contributed by atoms with E-state index >= 15 is 0 Å². The minimum atomic E-state index is 0.177. The van der Waals surface area contributed by atoms with E-state index in [4.69, 9.17) is 4.98 Å². The summed E-state index contributed by atoms with van der Waals surface area (Å²) >= 11 is 0. The summed E-state index contributed by atoms with van der Waals surface area (Å²) in [6.07, 6.45) is 9.91. The first-order chi connectivity index (χ1) is 19.8. The molecular weight excluding hydrogens is 512 g/mol. The molecule has 9 heteroatoms. The SMILES string of the molecule is CCCc1cccc(Cn2ncc3c(N4CCN(C(=O)C5CCC(CN(CC)C(C)(C)C)CC5)CC4)ncnc32)n1. The van der Waals surface area contributed by atoms with Gasteiger partial charge in [0.1, 0.15) is 12.1 Å². The van der Waals surface area contributed by atoms with Gasteiger partial charge in [-0.1, -0.05) is 26.3 Å². The molecule has 0 unspecified atom stereocenters. The highest BCUT2D eigenvalue weighted by Gasteiger charge is 2.33. The van der Waals surface area contributed by atoms with Crippen LogP contribution in [0.25, 0.3) is 11.0 Å². The van der Waals surface area contributed by atoms with Gasteiger partial charge >= 0.3 is 0 Å². The molecule has 3 aromatic heterocycles. The first kappa shape index (κ1) is 29.4. The van der Waals surface area contributed by atoms with Crippen molar-refractivity contribution in [1.29, 1.82) is 0 Å². The Morgan fingerprint density at radius 3 is 2.41 bits per heavy atom. The van der Waals surface area contributed by atoms with Gasteiger partial charge in [-0.15, -0.1) is 0 Å². The Morgan fingerprint density at radius 1 is 1.00 bits per heavy atom. The minimum Gasteiger partial charge on any atom is -0.352 e. The zero-order valence-electron chi connectivity index (χ0n) is 25.7. The summed E-state index contributed by atoms with van der Waals surface area (Å²) in [5.41, 5.74) is 3.12. The van der Waals surface area contributed by atoms with Gasteiger partial charge in [-0.25, -0.2) is 14.6 Å². The molecule has 1 aliphatic heterocycles. The van der Waals surface area contributed by atoms with Crippen molar-refractivity contribution in [2.45, 2.75) is 85.2 Å². The number of aryl methyl sites for hydroxylation is 1. The predicted molar refractivity (Wildman–Crippen MR) is 164 cm³/mol. The third-order valence-electron chi connectivity index (χ3n) is 8.99. The number of nitrogens with zero attached hydrogens (tertiary/aromatic N) is 8. The Balaban J connectivity index is 1.16. The Hall–Kier alpha value is -3.07. The minimum absolute atomic E-state index is 0.177. The van der Waals surface area contributed by atoms with Crippen LogP contribution >= 0.6 is 0 Å². The summed E-state index contributed by atoms with van der Waals surface area (Å²) in [5, 5.41) is 5.60. The number of hydrogen-bond acceptors (Lipinski definition) is 7. The third-order valence-corrected chi connectivity index (χ3v) is 8.99. The molecule has 1 saturated heterocycles. The number of pyridine rings is 1. The van der Waals surface area contributed by atoms with Gasteiger partial charge in [0.15, 0.2) is 5.65 Å². The molecular formula is C32H48N8O. The summed E-state index contributed by atoms with van der Waals surface area (Å²) < 4.78 is 1.91. The van der Waals surface area contributed by atoms with Crippen molar-refractivity contribution in [3.05, 3.63) is 42.1 Å². The lowest BCUT2D eigenvalue weighted by Crippen LogP contribution is -2.51. The smallest absolute Gasteiger partial charge is 0.225 e. The average molecular weight is 561 g/mol. The van der Waals surface area contributed by atoms with Crippen molar-refractivity contribution in [1.82, 2.24) is 34.5 Å². The quantitative estimate of drug-likeness (QED) is 0.372. The van der Waals surface area contributed by atoms with Crippen molar-refractivity contribution in [3.63, 3.8) is 0 Å². The van der Waals surface area contributed by atoms with Crippen LogP contribution in [-0.4, -0.2) is 85.2 Å². The second-order valence-electron chi connectivity index (χ2n) is 12.8. The molecule has 0 atom stereocenters. The van der Waals surface area contributed by atoms with Gasteiger partial charge in [-0.2, -0.15) is 5.10 Å². The van der Waals surface area contributed by atoms with Crippen LogP contribution in [0.5, 0.6) is 0 Å². The Morgan fingerprint density at radius 2 is 1.73 bits per heavy atom. The molecule has 1 amide bonds. The number of carbonyl (C=O) groups is 1. The molecule has 1 saturated carbocycles. The molecule has 2 fully saturated rings. The van der Waals surface area contributed by atoms with E-state index in [0.29, 0.717) is 18.4 Å². The molecule has 222 valence electrons. The standard InChI is InChI=1S/C32H48N8O/c1-6-9-26-10-8-11-27(36-26)22-40-30-28(20-35-40)29(33-23-34-30)37-16-18-38(19-17-37)31(41)25-14-12-24(13-15-25)21-39(7-2)32(3,4)5/h8,10-11,20,23-25H,6-7,9,12-19,21-22H2,1-5H3. The molecule has 0 spiro atoms. The normalized spacial score (nSPS) is 20.2. The molecule has 5 rings (SSSR count). The Bertz CT molecular complexity index is 1300. The van der Waals surface area contributed by atoms with Gasteiger partial charge in [0.2, 0.25) is 5.91 Å². The van der Waals surface area contributed by atoms with E-state index in [1.54, 1.807) is 6.33 Å².